The highest BCUT2D eigenvalue weighted by atomic mass is 16.5. The highest BCUT2D eigenvalue weighted by molar-refractivity contribution is 5.94. The number of hydrogen-bond acceptors (Lipinski definition) is 3. The molecule has 0 radical (unpaired) electrons. The zero-order valence-corrected chi connectivity index (χ0v) is 14.5. The van der Waals surface area contributed by atoms with Gasteiger partial charge in [0.25, 0.3) is 5.56 Å². The van der Waals surface area contributed by atoms with E-state index in [9.17, 15) is 9.59 Å². The Morgan fingerprint density at radius 2 is 1.67 bits per heavy atom. The van der Waals surface area contributed by atoms with Crippen molar-refractivity contribution in [2.75, 3.05) is 0 Å². The summed E-state index contributed by atoms with van der Waals surface area (Å²) in [7, 11) is 0. The monoisotopic (exact) mass is 355 g/mol. The SMILES string of the molecule is O=C(/C=C/c1cccc2ccccc12)OCc1cc2ccccc2[nH]c1=O. The molecule has 0 atom stereocenters. The summed E-state index contributed by atoms with van der Waals surface area (Å²) in [6.45, 7) is -0.0706. The van der Waals surface area contributed by atoms with Gasteiger partial charge in [0.05, 0.1) is 5.56 Å². The molecular formula is C23H17NO3. The molecule has 1 aromatic heterocycles. The lowest BCUT2D eigenvalue weighted by Gasteiger charge is -2.04. The fourth-order valence-electron chi connectivity index (χ4n) is 3.05. The second-order valence-corrected chi connectivity index (χ2v) is 6.22. The van der Waals surface area contributed by atoms with Crippen molar-refractivity contribution in [3.8, 4) is 0 Å². The van der Waals surface area contributed by atoms with Gasteiger partial charge in [0.1, 0.15) is 6.61 Å². The number of benzene rings is 3. The maximum absolute atomic E-state index is 12.1. The molecule has 0 saturated carbocycles. The zero-order chi connectivity index (χ0) is 18.6. The highest BCUT2D eigenvalue weighted by Gasteiger charge is 2.06. The van der Waals surface area contributed by atoms with Crippen LogP contribution in [0.4, 0.5) is 0 Å². The number of nitrogens with one attached hydrogen (secondary N) is 1. The van der Waals surface area contributed by atoms with E-state index in [1.807, 2.05) is 66.7 Å². The highest BCUT2D eigenvalue weighted by Crippen LogP contribution is 2.19. The quantitative estimate of drug-likeness (QED) is 0.435. The van der Waals surface area contributed by atoms with Crippen molar-refractivity contribution in [1.82, 2.24) is 4.98 Å². The van der Waals surface area contributed by atoms with Crippen molar-refractivity contribution in [1.29, 1.82) is 0 Å². The molecule has 4 rings (SSSR count). The van der Waals surface area contributed by atoms with Crippen LogP contribution in [0.25, 0.3) is 27.8 Å². The minimum Gasteiger partial charge on any atom is -0.457 e. The maximum atomic E-state index is 12.1. The minimum atomic E-state index is -0.490. The summed E-state index contributed by atoms with van der Waals surface area (Å²) in [5, 5.41) is 3.07. The molecule has 0 aliphatic heterocycles. The third kappa shape index (κ3) is 3.65. The van der Waals surface area contributed by atoms with Crippen molar-refractivity contribution in [2.45, 2.75) is 6.61 Å². The van der Waals surface area contributed by atoms with Crippen LogP contribution in [-0.4, -0.2) is 11.0 Å². The van der Waals surface area contributed by atoms with Crippen LogP contribution in [0.2, 0.25) is 0 Å². The average molecular weight is 355 g/mol. The van der Waals surface area contributed by atoms with Gasteiger partial charge in [-0.1, -0.05) is 60.7 Å². The van der Waals surface area contributed by atoms with E-state index in [1.165, 1.54) is 6.08 Å². The number of carbonyl (C=O) groups excluding carboxylic acids is 1. The molecule has 0 fully saturated rings. The van der Waals surface area contributed by atoms with Gasteiger partial charge in [-0.25, -0.2) is 4.79 Å². The number of H-pyrrole nitrogens is 1. The first-order valence-corrected chi connectivity index (χ1v) is 8.64. The summed E-state index contributed by atoms with van der Waals surface area (Å²) in [6, 6.07) is 23.1. The van der Waals surface area contributed by atoms with Crippen molar-refractivity contribution in [2.24, 2.45) is 0 Å². The van der Waals surface area contributed by atoms with E-state index in [-0.39, 0.29) is 12.2 Å². The van der Waals surface area contributed by atoms with Crippen LogP contribution in [0.1, 0.15) is 11.1 Å². The van der Waals surface area contributed by atoms with Gasteiger partial charge in [0, 0.05) is 11.6 Å². The number of fused-ring (bicyclic) bond motifs is 2. The van der Waals surface area contributed by atoms with Crippen molar-refractivity contribution in [3.05, 3.63) is 100 Å². The first-order valence-electron chi connectivity index (χ1n) is 8.64. The van der Waals surface area contributed by atoms with Crippen LogP contribution in [0.15, 0.2) is 83.7 Å². The van der Waals surface area contributed by atoms with E-state index < -0.39 is 5.97 Å². The molecule has 1 heterocycles. The molecule has 0 saturated heterocycles. The first-order chi connectivity index (χ1) is 13.2. The summed E-state index contributed by atoms with van der Waals surface area (Å²) in [5.74, 6) is -0.490. The van der Waals surface area contributed by atoms with Crippen LogP contribution in [-0.2, 0) is 16.1 Å². The predicted molar refractivity (Wildman–Crippen MR) is 107 cm³/mol. The molecule has 1 N–H and O–H groups in total. The first kappa shape index (κ1) is 16.8. The van der Waals surface area contributed by atoms with Crippen molar-refractivity contribution < 1.29 is 9.53 Å². The van der Waals surface area contributed by atoms with E-state index in [2.05, 4.69) is 4.98 Å². The Hall–Kier alpha value is -3.66. The summed E-state index contributed by atoms with van der Waals surface area (Å²) in [4.78, 5) is 27.0. The maximum Gasteiger partial charge on any atom is 0.331 e. The summed E-state index contributed by atoms with van der Waals surface area (Å²) in [5.41, 5.74) is 1.86. The van der Waals surface area contributed by atoms with E-state index >= 15 is 0 Å². The van der Waals surface area contributed by atoms with Crippen LogP contribution in [0.5, 0.6) is 0 Å². The number of carbonyl (C=O) groups is 1. The Balaban J connectivity index is 1.49. The van der Waals surface area contributed by atoms with Gasteiger partial charge < -0.3 is 9.72 Å². The standard InChI is InChI=1S/C23H17NO3/c25-22(13-12-17-9-5-8-16-6-1-3-10-20(16)17)27-15-19-14-18-7-2-4-11-21(18)24-23(19)26/h1-14H,15H2,(H,24,26)/b13-12+. The Labute approximate surface area is 155 Å². The number of aromatic amines is 1. The number of ether oxygens (including phenoxy) is 1. The molecule has 4 heteroatoms. The third-order valence-electron chi connectivity index (χ3n) is 4.42. The van der Waals surface area contributed by atoms with Gasteiger partial charge in [-0.15, -0.1) is 0 Å². The second-order valence-electron chi connectivity index (χ2n) is 6.22. The lowest BCUT2D eigenvalue weighted by molar-refractivity contribution is -0.138. The van der Waals surface area contributed by atoms with Gasteiger partial charge in [-0.3, -0.25) is 4.79 Å². The predicted octanol–water partition coefficient (Wildman–Crippen LogP) is 4.44. The van der Waals surface area contributed by atoms with Crippen LogP contribution < -0.4 is 5.56 Å². The normalized spacial score (nSPS) is 11.3. The topological polar surface area (TPSA) is 59.2 Å². The molecule has 4 aromatic rings. The molecule has 132 valence electrons. The molecule has 3 aromatic carbocycles. The number of para-hydroxylation sites is 1. The number of esters is 1. The van der Waals surface area contributed by atoms with E-state index in [1.54, 1.807) is 12.1 Å². The molecule has 0 bridgehead atoms. The molecular weight excluding hydrogens is 338 g/mol. The third-order valence-corrected chi connectivity index (χ3v) is 4.42. The Bertz CT molecular complexity index is 1220. The van der Waals surface area contributed by atoms with Crippen LogP contribution >= 0.6 is 0 Å². The Kier molecular flexibility index (Phi) is 4.54. The smallest absolute Gasteiger partial charge is 0.331 e. The molecule has 4 nitrogen and oxygen atoms in total. The molecule has 0 spiro atoms. The number of rotatable bonds is 4. The van der Waals surface area contributed by atoms with Crippen molar-refractivity contribution in [3.63, 3.8) is 0 Å². The van der Waals surface area contributed by atoms with Crippen LogP contribution in [0.3, 0.4) is 0 Å². The van der Waals surface area contributed by atoms with Gasteiger partial charge in [0.15, 0.2) is 0 Å². The number of pyridine rings is 1. The zero-order valence-electron chi connectivity index (χ0n) is 14.5. The van der Waals surface area contributed by atoms with Gasteiger partial charge >= 0.3 is 5.97 Å². The number of hydrogen-bond donors (Lipinski definition) is 1. The fraction of sp³-hybridized carbons (Fsp3) is 0.0435. The van der Waals surface area contributed by atoms with Crippen LogP contribution in [0, 0.1) is 0 Å². The van der Waals surface area contributed by atoms with Gasteiger partial charge in [0.2, 0.25) is 0 Å². The summed E-state index contributed by atoms with van der Waals surface area (Å²) < 4.78 is 5.25. The largest absolute Gasteiger partial charge is 0.457 e. The second kappa shape index (κ2) is 7.30. The van der Waals surface area contributed by atoms with E-state index in [4.69, 9.17) is 4.74 Å². The summed E-state index contributed by atoms with van der Waals surface area (Å²) in [6.07, 6.45) is 3.12. The molecule has 0 aliphatic carbocycles. The fourth-order valence-corrected chi connectivity index (χ4v) is 3.05. The molecule has 27 heavy (non-hydrogen) atoms. The lowest BCUT2D eigenvalue weighted by atomic mass is 10.0. The molecule has 0 aliphatic rings. The molecule has 0 amide bonds. The molecule has 0 unspecified atom stereocenters. The van der Waals surface area contributed by atoms with Crippen molar-refractivity contribution >= 4 is 33.7 Å². The Morgan fingerprint density at radius 1 is 0.926 bits per heavy atom. The average Bonchev–Trinajstić information content (AvgIpc) is 2.70. The van der Waals surface area contributed by atoms with Gasteiger partial charge in [-0.05, 0) is 39.9 Å². The minimum absolute atomic E-state index is 0.0706. The van der Waals surface area contributed by atoms with E-state index in [0.717, 1.165) is 27.2 Å². The summed E-state index contributed by atoms with van der Waals surface area (Å²) >= 11 is 0. The van der Waals surface area contributed by atoms with Gasteiger partial charge in [-0.2, -0.15) is 0 Å². The Morgan fingerprint density at radius 3 is 2.56 bits per heavy atom. The number of aromatic nitrogens is 1. The lowest BCUT2D eigenvalue weighted by Crippen LogP contribution is -2.14. The van der Waals surface area contributed by atoms with E-state index in [0.29, 0.717) is 5.56 Å².